The number of H-pyrrole nitrogens is 1. The number of ether oxygens (including phenoxy) is 2. The Hall–Kier alpha value is -3.51. The van der Waals surface area contributed by atoms with Gasteiger partial charge in [-0.05, 0) is 74.9 Å². The van der Waals surface area contributed by atoms with Crippen LogP contribution in [0.5, 0.6) is 11.5 Å². The summed E-state index contributed by atoms with van der Waals surface area (Å²) in [6, 6.07) is 13.7. The van der Waals surface area contributed by atoms with Crippen LogP contribution in [0, 0.1) is 0 Å². The maximum absolute atomic E-state index is 14.1. The predicted molar refractivity (Wildman–Crippen MR) is 158 cm³/mol. The van der Waals surface area contributed by atoms with Crippen LogP contribution in [0.1, 0.15) is 78.9 Å². The number of anilines is 1. The standard InChI is InChI=1S/C32H35ClN2O4/c1-7-8-19-9-10-20-13-25(34-30(20)28(19)18(2)36)31(37)35-17-21(16-33)29-24-14-22(38-6)11-12-23(24)27(15-26(29)35)39-32(3,4)5/h9-15,21,34H,7-8,16-17H2,1-6H3/t21-/m1/s1. The molecule has 5 rings (SSSR count). The minimum absolute atomic E-state index is 0.0111. The lowest BCUT2D eigenvalue weighted by molar-refractivity contribution is 0.0981. The summed E-state index contributed by atoms with van der Waals surface area (Å²) in [6.45, 7) is 10.1. The second-order valence-corrected chi connectivity index (χ2v) is 11.6. The number of methoxy groups -OCH3 is 1. The number of hydrogen-bond donors (Lipinski definition) is 1. The molecule has 4 aromatic rings. The van der Waals surface area contributed by atoms with E-state index in [0.29, 0.717) is 34.9 Å². The Bertz CT molecular complexity index is 1600. The Morgan fingerprint density at radius 3 is 2.51 bits per heavy atom. The molecule has 1 atom stereocenters. The highest BCUT2D eigenvalue weighted by atomic mass is 35.5. The molecular weight excluding hydrogens is 512 g/mol. The molecule has 0 radical (unpaired) electrons. The van der Waals surface area contributed by atoms with Gasteiger partial charge < -0.3 is 19.4 Å². The smallest absolute Gasteiger partial charge is 0.274 e. The number of rotatable bonds is 7. The van der Waals surface area contributed by atoms with E-state index >= 15 is 0 Å². The van der Waals surface area contributed by atoms with E-state index < -0.39 is 5.60 Å². The van der Waals surface area contributed by atoms with E-state index in [9.17, 15) is 9.59 Å². The van der Waals surface area contributed by atoms with Gasteiger partial charge in [-0.2, -0.15) is 0 Å². The van der Waals surface area contributed by atoms with Crippen molar-refractivity contribution in [1.29, 1.82) is 0 Å². The molecule has 2 heterocycles. The lowest BCUT2D eigenvalue weighted by Crippen LogP contribution is -2.30. The number of benzene rings is 3. The number of hydrogen-bond acceptors (Lipinski definition) is 4. The first-order valence-electron chi connectivity index (χ1n) is 13.4. The first-order valence-corrected chi connectivity index (χ1v) is 14.0. The van der Waals surface area contributed by atoms with Crippen LogP contribution >= 0.6 is 11.6 Å². The number of ketones is 1. The Morgan fingerprint density at radius 2 is 1.87 bits per heavy atom. The van der Waals surface area contributed by atoms with Gasteiger partial charge in [0.1, 0.15) is 22.8 Å². The van der Waals surface area contributed by atoms with E-state index in [0.717, 1.165) is 51.6 Å². The van der Waals surface area contributed by atoms with Gasteiger partial charge in [0.2, 0.25) is 0 Å². The summed E-state index contributed by atoms with van der Waals surface area (Å²) < 4.78 is 11.9. The number of carbonyl (C=O) groups is 2. The summed E-state index contributed by atoms with van der Waals surface area (Å²) in [5.74, 6) is 1.55. The number of amides is 1. The molecule has 1 N–H and O–H groups in total. The minimum Gasteiger partial charge on any atom is -0.497 e. The zero-order valence-corrected chi connectivity index (χ0v) is 24.2. The van der Waals surface area contributed by atoms with Gasteiger partial charge in [-0.3, -0.25) is 9.59 Å². The number of aromatic nitrogens is 1. The molecule has 1 aliphatic heterocycles. The second-order valence-electron chi connectivity index (χ2n) is 11.3. The fourth-order valence-corrected chi connectivity index (χ4v) is 5.94. The molecule has 0 spiro atoms. The molecule has 7 heteroatoms. The molecule has 3 aromatic carbocycles. The molecule has 1 aliphatic rings. The predicted octanol–water partition coefficient (Wildman–Crippen LogP) is 7.64. The second kappa shape index (κ2) is 10.2. The zero-order chi connectivity index (χ0) is 28.1. The van der Waals surface area contributed by atoms with Gasteiger partial charge in [0, 0.05) is 40.7 Å². The van der Waals surface area contributed by atoms with Crippen molar-refractivity contribution in [2.75, 3.05) is 24.4 Å². The lowest BCUT2D eigenvalue weighted by Gasteiger charge is -2.25. The summed E-state index contributed by atoms with van der Waals surface area (Å²) in [7, 11) is 1.64. The van der Waals surface area contributed by atoms with Gasteiger partial charge in [0.25, 0.3) is 5.91 Å². The molecule has 204 valence electrons. The van der Waals surface area contributed by atoms with Crippen molar-refractivity contribution in [3.05, 3.63) is 64.8 Å². The number of aryl methyl sites for hydroxylation is 1. The first-order chi connectivity index (χ1) is 18.6. The molecule has 0 bridgehead atoms. The van der Waals surface area contributed by atoms with Crippen molar-refractivity contribution in [3.8, 4) is 11.5 Å². The van der Waals surface area contributed by atoms with Crippen LogP contribution in [0.4, 0.5) is 5.69 Å². The number of halogens is 1. The highest BCUT2D eigenvalue weighted by Crippen LogP contribution is 2.47. The molecule has 0 aliphatic carbocycles. The molecular formula is C32H35ClN2O4. The Balaban J connectivity index is 1.67. The average molecular weight is 547 g/mol. The quantitative estimate of drug-likeness (QED) is 0.191. The van der Waals surface area contributed by atoms with E-state index in [-0.39, 0.29) is 17.6 Å². The highest BCUT2D eigenvalue weighted by molar-refractivity contribution is 6.19. The Kier molecular flexibility index (Phi) is 7.10. The molecule has 39 heavy (non-hydrogen) atoms. The number of nitrogens with one attached hydrogen (secondary N) is 1. The van der Waals surface area contributed by atoms with Gasteiger partial charge in [-0.25, -0.2) is 0 Å². The topological polar surface area (TPSA) is 71.6 Å². The Morgan fingerprint density at radius 1 is 1.10 bits per heavy atom. The molecule has 6 nitrogen and oxygen atoms in total. The van der Waals surface area contributed by atoms with E-state index in [2.05, 4.69) is 11.9 Å². The summed E-state index contributed by atoms with van der Waals surface area (Å²) in [5, 5.41) is 2.76. The molecule has 0 saturated heterocycles. The number of nitrogens with zero attached hydrogens (tertiary/aromatic N) is 1. The van der Waals surface area contributed by atoms with Crippen molar-refractivity contribution in [3.63, 3.8) is 0 Å². The van der Waals surface area contributed by atoms with Crippen LogP contribution in [-0.4, -0.2) is 41.8 Å². The fourth-order valence-electron chi connectivity index (χ4n) is 5.68. The maximum atomic E-state index is 14.1. The van der Waals surface area contributed by atoms with Crippen LogP contribution in [0.3, 0.4) is 0 Å². The van der Waals surface area contributed by atoms with Crippen molar-refractivity contribution in [2.24, 2.45) is 0 Å². The summed E-state index contributed by atoms with van der Waals surface area (Å²) >= 11 is 6.49. The highest BCUT2D eigenvalue weighted by Gasteiger charge is 2.36. The number of aromatic amines is 1. The number of carbonyl (C=O) groups excluding carboxylic acids is 2. The van der Waals surface area contributed by atoms with E-state index in [1.165, 1.54) is 0 Å². The van der Waals surface area contributed by atoms with Crippen molar-refractivity contribution in [2.45, 2.75) is 59.0 Å². The lowest BCUT2D eigenvalue weighted by atomic mass is 9.95. The van der Waals surface area contributed by atoms with Crippen LogP contribution in [0.25, 0.3) is 21.7 Å². The Labute approximate surface area is 234 Å². The van der Waals surface area contributed by atoms with Crippen molar-refractivity contribution >= 4 is 50.7 Å². The van der Waals surface area contributed by atoms with Gasteiger partial charge in [0.15, 0.2) is 5.78 Å². The van der Waals surface area contributed by atoms with Gasteiger partial charge in [-0.15, -0.1) is 11.6 Å². The van der Waals surface area contributed by atoms with E-state index in [4.69, 9.17) is 21.1 Å². The van der Waals surface area contributed by atoms with Crippen LogP contribution < -0.4 is 14.4 Å². The molecule has 1 amide bonds. The summed E-state index contributed by atoms with van der Waals surface area (Å²) in [6.07, 6.45) is 1.73. The minimum atomic E-state index is -0.434. The molecule has 0 fully saturated rings. The summed E-state index contributed by atoms with van der Waals surface area (Å²) in [5.41, 5.74) is 4.17. The first kappa shape index (κ1) is 27.1. The number of alkyl halides is 1. The monoisotopic (exact) mass is 546 g/mol. The van der Waals surface area contributed by atoms with Crippen molar-refractivity contribution < 1.29 is 19.1 Å². The van der Waals surface area contributed by atoms with E-state index in [1.807, 2.05) is 63.2 Å². The zero-order valence-electron chi connectivity index (χ0n) is 23.4. The van der Waals surface area contributed by atoms with E-state index in [1.54, 1.807) is 18.9 Å². The molecule has 0 saturated carbocycles. The third-order valence-corrected chi connectivity index (χ3v) is 7.63. The molecule has 1 aromatic heterocycles. The van der Waals surface area contributed by atoms with Crippen LogP contribution in [-0.2, 0) is 6.42 Å². The van der Waals surface area contributed by atoms with Crippen LogP contribution in [0.2, 0.25) is 0 Å². The van der Waals surface area contributed by atoms with Gasteiger partial charge in [0.05, 0.1) is 18.3 Å². The van der Waals surface area contributed by atoms with Crippen molar-refractivity contribution in [1.82, 2.24) is 4.98 Å². The SMILES string of the molecule is CCCc1ccc2cc(C(=O)N3C[C@@H](CCl)c4c3cc(OC(C)(C)C)c3ccc(OC)cc43)[nH]c2c1C(C)=O. The average Bonchev–Trinajstić information content (AvgIpc) is 3.48. The number of Topliss-reactive ketones (excluding diaryl/α,β-unsaturated/α-hetero) is 1. The van der Waals surface area contributed by atoms with Gasteiger partial charge >= 0.3 is 0 Å². The molecule has 0 unspecified atom stereocenters. The summed E-state index contributed by atoms with van der Waals surface area (Å²) in [4.78, 5) is 31.8. The maximum Gasteiger partial charge on any atom is 0.274 e. The van der Waals surface area contributed by atoms with Crippen LogP contribution in [0.15, 0.2) is 42.5 Å². The normalized spacial score (nSPS) is 15.2. The third-order valence-electron chi connectivity index (χ3n) is 7.26. The van der Waals surface area contributed by atoms with Gasteiger partial charge in [-0.1, -0.05) is 25.5 Å². The largest absolute Gasteiger partial charge is 0.497 e. The fraction of sp³-hybridized carbons (Fsp3) is 0.375. The third kappa shape index (κ3) is 4.87. The number of fused-ring (bicyclic) bond motifs is 4.